The summed E-state index contributed by atoms with van der Waals surface area (Å²) in [6.07, 6.45) is -0.626. The van der Waals surface area contributed by atoms with Crippen LogP contribution in [0.1, 0.15) is 22.5 Å². The maximum Gasteiger partial charge on any atom is 0.0963 e. The minimum absolute atomic E-state index is 0.144. The van der Waals surface area contributed by atoms with Crippen molar-refractivity contribution in [2.45, 2.75) is 12.0 Å². The van der Waals surface area contributed by atoms with Gasteiger partial charge in [-0.05, 0) is 55.6 Å². The number of nitrogens with two attached hydrogens (primary N) is 1. The molecule has 19 heavy (non-hydrogen) atoms. The van der Waals surface area contributed by atoms with Gasteiger partial charge in [-0.2, -0.15) is 0 Å². The highest BCUT2D eigenvalue weighted by Crippen LogP contribution is 2.40. The summed E-state index contributed by atoms with van der Waals surface area (Å²) < 4.78 is 1.91. The summed E-state index contributed by atoms with van der Waals surface area (Å²) in [5.74, 6) is -0.144. The monoisotopic (exact) mass is 423 g/mol. The first-order valence-corrected chi connectivity index (χ1v) is 8.39. The Morgan fingerprint density at radius 3 is 2.37 bits per heavy atom. The van der Waals surface area contributed by atoms with Crippen LogP contribution in [-0.2, 0) is 0 Å². The van der Waals surface area contributed by atoms with Gasteiger partial charge >= 0.3 is 0 Å². The molecule has 2 atom stereocenters. The molecule has 2 unspecified atom stereocenters. The molecule has 6 heteroatoms. The van der Waals surface area contributed by atoms with Crippen LogP contribution < -0.4 is 5.73 Å². The number of thiophene rings is 1. The lowest BCUT2D eigenvalue weighted by Crippen LogP contribution is -2.19. The molecule has 0 fully saturated rings. The Balaban J connectivity index is 2.28. The molecule has 0 aliphatic heterocycles. The summed E-state index contributed by atoms with van der Waals surface area (Å²) in [7, 11) is 0. The molecule has 0 bridgehead atoms. The highest BCUT2D eigenvalue weighted by atomic mass is 79.9. The quantitative estimate of drug-likeness (QED) is 0.746. The van der Waals surface area contributed by atoms with Crippen LogP contribution in [0.5, 0.6) is 0 Å². The number of hydrogen-bond donors (Lipinski definition) is 2. The predicted octanol–water partition coefficient (Wildman–Crippen LogP) is 4.70. The first-order chi connectivity index (χ1) is 9.02. The Hall–Kier alpha value is 0.0900. The number of benzene rings is 1. The smallest absolute Gasteiger partial charge is 0.0963 e. The molecular formula is C13H12Br2ClNOS. The van der Waals surface area contributed by atoms with Crippen molar-refractivity contribution >= 4 is 54.8 Å². The number of aliphatic hydroxyl groups excluding tert-OH is 1. The van der Waals surface area contributed by atoms with Gasteiger partial charge in [0.05, 0.1) is 9.89 Å². The molecule has 0 spiro atoms. The normalized spacial score (nSPS) is 14.4. The fourth-order valence-electron chi connectivity index (χ4n) is 1.86. The van der Waals surface area contributed by atoms with Crippen molar-refractivity contribution in [1.29, 1.82) is 0 Å². The van der Waals surface area contributed by atoms with E-state index in [9.17, 15) is 5.11 Å². The van der Waals surface area contributed by atoms with E-state index in [4.69, 9.17) is 17.3 Å². The van der Waals surface area contributed by atoms with Gasteiger partial charge in [-0.15, -0.1) is 11.3 Å². The average Bonchev–Trinajstić information content (AvgIpc) is 2.73. The highest BCUT2D eigenvalue weighted by Gasteiger charge is 2.23. The third kappa shape index (κ3) is 3.60. The van der Waals surface area contributed by atoms with E-state index in [2.05, 4.69) is 31.9 Å². The zero-order chi connectivity index (χ0) is 14.0. The third-order valence-electron chi connectivity index (χ3n) is 2.89. The molecule has 0 saturated heterocycles. The number of halogens is 3. The second kappa shape index (κ2) is 6.70. The molecule has 1 aromatic heterocycles. The van der Waals surface area contributed by atoms with Gasteiger partial charge in [0.2, 0.25) is 0 Å². The van der Waals surface area contributed by atoms with E-state index in [1.807, 2.05) is 30.3 Å². The molecule has 2 aromatic rings. The maximum absolute atomic E-state index is 10.5. The Morgan fingerprint density at radius 1 is 1.26 bits per heavy atom. The zero-order valence-electron chi connectivity index (χ0n) is 9.82. The first-order valence-electron chi connectivity index (χ1n) is 5.61. The minimum atomic E-state index is -0.626. The first kappa shape index (κ1) is 15.5. The molecule has 1 aromatic carbocycles. The van der Waals surface area contributed by atoms with Crippen molar-refractivity contribution < 1.29 is 5.11 Å². The minimum Gasteiger partial charge on any atom is -0.387 e. The van der Waals surface area contributed by atoms with Gasteiger partial charge in [0.15, 0.2) is 0 Å². The van der Waals surface area contributed by atoms with Crippen molar-refractivity contribution in [3.8, 4) is 0 Å². The molecule has 0 radical (unpaired) electrons. The van der Waals surface area contributed by atoms with Crippen LogP contribution in [0.4, 0.5) is 0 Å². The van der Waals surface area contributed by atoms with Crippen molar-refractivity contribution in [3.63, 3.8) is 0 Å². The molecule has 2 rings (SSSR count). The van der Waals surface area contributed by atoms with E-state index >= 15 is 0 Å². The van der Waals surface area contributed by atoms with Crippen LogP contribution in [0.25, 0.3) is 0 Å². The van der Waals surface area contributed by atoms with Gasteiger partial charge in [-0.3, -0.25) is 0 Å². The lowest BCUT2D eigenvalue weighted by molar-refractivity contribution is 0.151. The van der Waals surface area contributed by atoms with Gasteiger partial charge in [0, 0.05) is 26.8 Å². The fraction of sp³-hybridized carbons (Fsp3) is 0.231. The molecule has 0 aliphatic rings. The third-order valence-corrected chi connectivity index (χ3v) is 6.47. The van der Waals surface area contributed by atoms with Crippen molar-refractivity contribution in [2.24, 2.45) is 5.73 Å². The molecular weight excluding hydrogens is 413 g/mol. The topological polar surface area (TPSA) is 46.2 Å². The molecule has 2 nitrogen and oxygen atoms in total. The van der Waals surface area contributed by atoms with E-state index in [0.717, 1.165) is 18.7 Å². The molecule has 102 valence electrons. The number of hydrogen-bond acceptors (Lipinski definition) is 3. The van der Waals surface area contributed by atoms with Crippen LogP contribution in [0.2, 0.25) is 5.02 Å². The highest BCUT2D eigenvalue weighted by molar-refractivity contribution is 9.13. The van der Waals surface area contributed by atoms with Gasteiger partial charge < -0.3 is 10.8 Å². The fourth-order valence-corrected chi connectivity index (χ4v) is 4.13. The van der Waals surface area contributed by atoms with Gasteiger partial charge in [-0.1, -0.05) is 23.7 Å². The number of aliphatic hydroxyl groups is 1. The second-order valence-corrected chi connectivity index (χ2v) is 7.80. The SMILES string of the molecule is NCC(c1ccc(Cl)cc1)C(O)c1cc(Br)c(Br)s1. The van der Waals surface area contributed by atoms with Crippen LogP contribution in [0.15, 0.2) is 38.6 Å². The Kier molecular flexibility index (Phi) is 5.45. The van der Waals surface area contributed by atoms with Crippen molar-refractivity contribution in [3.05, 3.63) is 54.1 Å². The summed E-state index contributed by atoms with van der Waals surface area (Å²) in [5, 5.41) is 11.2. The summed E-state index contributed by atoms with van der Waals surface area (Å²) in [4.78, 5) is 0.879. The van der Waals surface area contributed by atoms with Crippen molar-refractivity contribution in [1.82, 2.24) is 0 Å². The lowest BCUT2D eigenvalue weighted by atomic mass is 9.92. The molecule has 1 heterocycles. The standard InChI is InChI=1S/C13H12Br2ClNOS/c14-10-5-11(19-13(10)15)12(18)9(6-17)7-1-3-8(16)4-2-7/h1-5,9,12,18H,6,17H2. The molecule has 3 N–H and O–H groups in total. The van der Waals surface area contributed by atoms with Crippen LogP contribution >= 0.6 is 54.8 Å². The summed E-state index contributed by atoms with van der Waals surface area (Å²) in [6, 6.07) is 9.35. The average molecular weight is 426 g/mol. The Bertz CT molecular complexity index is 539. The van der Waals surface area contributed by atoms with Gasteiger partial charge in [0.1, 0.15) is 0 Å². The van der Waals surface area contributed by atoms with Gasteiger partial charge in [0.25, 0.3) is 0 Å². The molecule has 0 aliphatic carbocycles. The van der Waals surface area contributed by atoms with E-state index < -0.39 is 6.10 Å². The van der Waals surface area contributed by atoms with E-state index in [0.29, 0.717) is 11.6 Å². The Labute approximate surface area is 137 Å². The van der Waals surface area contributed by atoms with Gasteiger partial charge in [-0.25, -0.2) is 0 Å². The van der Waals surface area contributed by atoms with E-state index in [1.165, 1.54) is 11.3 Å². The second-order valence-electron chi connectivity index (χ2n) is 4.11. The maximum atomic E-state index is 10.5. The van der Waals surface area contributed by atoms with Crippen molar-refractivity contribution in [2.75, 3.05) is 6.54 Å². The van der Waals surface area contributed by atoms with Crippen LogP contribution in [0, 0.1) is 0 Å². The summed E-state index contributed by atoms with van der Waals surface area (Å²) in [5.41, 5.74) is 6.80. The van der Waals surface area contributed by atoms with E-state index in [-0.39, 0.29) is 5.92 Å². The molecule has 0 amide bonds. The number of rotatable bonds is 4. The lowest BCUT2D eigenvalue weighted by Gasteiger charge is -2.21. The molecule has 0 saturated carbocycles. The predicted molar refractivity (Wildman–Crippen MR) is 87.9 cm³/mol. The zero-order valence-corrected chi connectivity index (χ0v) is 14.6. The van der Waals surface area contributed by atoms with Crippen LogP contribution in [0.3, 0.4) is 0 Å². The summed E-state index contributed by atoms with van der Waals surface area (Å²) in [6.45, 7) is 0.371. The van der Waals surface area contributed by atoms with E-state index in [1.54, 1.807) is 0 Å². The largest absolute Gasteiger partial charge is 0.387 e. The Morgan fingerprint density at radius 2 is 1.89 bits per heavy atom. The van der Waals surface area contributed by atoms with Crippen LogP contribution in [-0.4, -0.2) is 11.7 Å². The summed E-state index contributed by atoms with van der Waals surface area (Å²) >= 11 is 14.2.